The van der Waals surface area contributed by atoms with Gasteiger partial charge in [-0.3, -0.25) is 4.79 Å². The fourth-order valence-electron chi connectivity index (χ4n) is 2.31. The molecule has 0 radical (unpaired) electrons. The summed E-state index contributed by atoms with van der Waals surface area (Å²) in [7, 11) is 0. The average Bonchev–Trinajstić information content (AvgIpc) is 2.94. The summed E-state index contributed by atoms with van der Waals surface area (Å²) in [6.07, 6.45) is 0.929. The number of amides is 1. The number of rotatable bonds is 5. The minimum Gasteiger partial charge on any atom is -0.396 e. The van der Waals surface area contributed by atoms with E-state index in [1.807, 2.05) is 30.0 Å². The maximum atomic E-state index is 12.3. The molecular formula is C15H21NO2S. The van der Waals surface area contributed by atoms with Crippen LogP contribution >= 0.6 is 11.8 Å². The molecule has 2 unspecified atom stereocenters. The first-order valence-electron chi connectivity index (χ1n) is 6.76. The summed E-state index contributed by atoms with van der Waals surface area (Å²) in [5.74, 6) is 1.34. The molecule has 1 aromatic carbocycles. The first kappa shape index (κ1) is 14.4. The maximum absolute atomic E-state index is 12.3. The Morgan fingerprint density at radius 3 is 2.84 bits per heavy atom. The number of likely N-dealkylation sites (tertiary alicyclic amines) is 1. The predicted molar refractivity (Wildman–Crippen MR) is 79.0 cm³/mol. The summed E-state index contributed by atoms with van der Waals surface area (Å²) in [4.78, 5) is 14.1. The van der Waals surface area contributed by atoms with Crippen LogP contribution in [0.25, 0.3) is 0 Å². The summed E-state index contributed by atoms with van der Waals surface area (Å²) in [6, 6.07) is 10.2. The smallest absolute Gasteiger partial charge is 0.235 e. The molecule has 1 saturated heterocycles. The molecule has 0 bridgehead atoms. The van der Waals surface area contributed by atoms with Crippen LogP contribution in [-0.4, -0.2) is 40.9 Å². The molecular weight excluding hydrogens is 258 g/mol. The molecule has 3 nitrogen and oxygen atoms in total. The third-order valence-electron chi connectivity index (χ3n) is 3.55. The lowest BCUT2D eigenvalue weighted by molar-refractivity contribution is -0.129. The van der Waals surface area contributed by atoms with E-state index in [0.717, 1.165) is 18.7 Å². The lowest BCUT2D eigenvalue weighted by atomic mass is 10.1. The Balaban J connectivity index is 1.80. The Hall–Kier alpha value is -1.00. The monoisotopic (exact) mass is 279 g/mol. The van der Waals surface area contributed by atoms with Gasteiger partial charge in [-0.15, -0.1) is 11.8 Å². The highest BCUT2D eigenvalue weighted by Crippen LogP contribution is 2.23. The molecule has 0 spiro atoms. The van der Waals surface area contributed by atoms with Crippen LogP contribution in [0.15, 0.2) is 30.3 Å². The summed E-state index contributed by atoms with van der Waals surface area (Å²) < 4.78 is 0. The van der Waals surface area contributed by atoms with Gasteiger partial charge in [0.25, 0.3) is 0 Å². The number of benzene rings is 1. The third kappa shape index (κ3) is 3.98. The normalized spacial score (nSPS) is 20.5. The molecule has 1 N–H and O–H groups in total. The first-order chi connectivity index (χ1) is 9.20. The third-order valence-corrected chi connectivity index (χ3v) is 4.75. The van der Waals surface area contributed by atoms with E-state index in [1.54, 1.807) is 11.8 Å². The van der Waals surface area contributed by atoms with Gasteiger partial charge in [0, 0.05) is 31.4 Å². The minimum absolute atomic E-state index is 0.0161. The molecule has 4 heteroatoms. The van der Waals surface area contributed by atoms with Gasteiger partial charge in [-0.2, -0.15) is 0 Å². The summed E-state index contributed by atoms with van der Waals surface area (Å²) in [5.41, 5.74) is 1.25. The van der Waals surface area contributed by atoms with Crippen molar-refractivity contribution >= 4 is 17.7 Å². The predicted octanol–water partition coefficient (Wildman–Crippen LogP) is 2.15. The van der Waals surface area contributed by atoms with Crippen molar-refractivity contribution in [2.24, 2.45) is 5.92 Å². The summed E-state index contributed by atoms with van der Waals surface area (Å²) in [5, 5.41) is 9.10. The van der Waals surface area contributed by atoms with Crippen LogP contribution < -0.4 is 0 Å². The maximum Gasteiger partial charge on any atom is 0.235 e. The lowest BCUT2D eigenvalue weighted by Crippen LogP contribution is -2.35. The molecule has 1 amide bonds. The van der Waals surface area contributed by atoms with Crippen LogP contribution in [0.2, 0.25) is 0 Å². The topological polar surface area (TPSA) is 40.5 Å². The largest absolute Gasteiger partial charge is 0.396 e. The van der Waals surface area contributed by atoms with Crippen LogP contribution in [0.3, 0.4) is 0 Å². The van der Waals surface area contributed by atoms with E-state index in [2.05, 4.69) is 12.1 Å². The minimum atomic E-state index is -0.0161. The van der Waals surface area contributed by atoms with E-state index in [0.29, 0.717) is 6.54 Å². The molecule has 1 aliphatic heterocycles. The van der Waals surface area contributed by atoms with E-state index < -0.39 is 0 Å². The van der Waals surface area contributed by atoms with Gasteiger partial charge in [-0.25, -0.2) is 0 Å². The molecule has 1 heterocycles. The Morgan fingerprint density at radius 2 is 2.21 bits per heavy atom. The highest BCUT2D eigenvalue weighted by Gasteiger charge is 2.28. The van der Waals surface area contributed by atoms with E-state index in [-0.39, 0.29) is 23.7 Å². The fourth-order valence-corrected chi connectivity index (χ4v) is 3.23. The quantitative estimate of drug-likeness (QED) is 0.898. The SMILES string of the molecule is CC(SCc1ccccc1)C(=O)N1CCC(CO)C1. The molecule has 2 rings (SSSR count). The number of aliphatic hydroxyl groups is 1. The van der Waals surface area contributed by atoms with Gasteiger partial charge in [0.1, 0.15) is 0 Å². The molecule has 1 aliphatic rings. The van der Waals surface area contributed by atoms with E-state index in [9.17, 15) is 4.79 Å². The number of hydrogen-bond donors (Lipinski definition) is 1. The van der Waals surface area contributed by atoms with Crippen molar-refractivity contribution in [1.29, 1.82) is 0 Å². The molecule has 2 atom stereocenters. The fraction of sp³-hybridized carbons (Fsp3) is 0.533. The average molecular weight is 279 g/mol. The zero-order valence-corrected chi connectivity index (χ0v) is 12.1. The molecule has 1 fully saturated rings. The number of aliphatic hydroxyl groups excluding tert-OH is 1. The standard InChI is InChI=1S/C15H21NO2S/c1-12(19-11-13-5-3-2-4-6-13)15(18)16-8-7-14(9-16)10-17/h2-6,12,14,17H,7-11H2,1H3. The number of nitrogens with zero attached hydrogens (tertiary/aromatic N) is 1. The van der Waals surface area contributed by atoms with E-state index in [4.69, 9.17) is 5.11 Å². The van der Waals surface area contributed by atoms with Crippen molar-refractivity contribution < 1.29 is 9.90 Å². The molecule has 0 aromatic heterocycles. The number of thioether (sulfide) groups is 1. The van der Waals surface area contributed by atoms with Gasteiger partial charge in [0.2, 0.25) is 5.91 Å². The van der Waals surface area contributed by atoms with E-state index >= 15 is 0 Å². The Labute approximate surface area is 119 Å². The van der Waals surface area contributed by atoms with Gasteiger partial charge in [-0.1, -0.05) is 30.3 Å². The molecule has 0 saturated carbocycles. The van der Waals surface area contributed by atoms with Crippen molar-refractivity contribution in [3.8, 4) is 0 Å². The second-order valence-corrected chi connectivity index (χ2v) is 6.39. The zero-order valence-electron chi connectivity index (χ0n) is 11.3. The van der Waals surface area contributed by atoms with Crippen LogP contribution in [-0.2, 0) is 10.5 Å². The zero-order chi connectivity index (χ0) is 13.7. The molecule has 104 valence electrons. The van der Waals surface area contributed by atoms with Crippen molar-refractivity contribution in [3.63, 3.8) is 0 Å². The van der Waals surface area contributed by atoms with Crippen LogP contribution in [0.4, 0.5) is 0 Å². The van der Waals surface area contributed by atoms with Gasteiger partial charge >= 0.3 is 0 Å². The van der Waals surface area contributed by atoms with Crippen molar-refractivity contribution in [3.05, 3.63) is 35.9 Å². The van der Waals surface area contributed by atoms with Crippen LogP contribution in [0, 0.1) is 5.92 Å². The van der Waals surface area contributed by atoms with Gasteiger partial charge in [-0.05, 0) is 18.9 Å². The summed E-state index contributed by atoms with van der Waals surface area (Å²) in [6.45, 7) is 3.67. The van der Waals surface area contributed by atoms with Crippen LogP contribution in [0.5, 0.6) is 0 Å². The Bertz CT molecular complexity index is 410. The number of carbonyl (C=O) groups is 1. The van der Waals surface area contributed by atoms with Crippen LogP contribution in [0.1, 0.15) is 18.9 Å². The lowest BCUT2D eigenvalue weighted by Gasteiger charge is -2.20. The van der Waals surface area contributed by atoms with Gasteiger partial charge in [0.15, 0.2) is 0 Å². The molecule has 19 heavy (non-hydrogen) atoms. The van der Waals surface area contributed by atoms with Gasteiger partial charge < -0.3 is 10.0 Å². The Kier molecular flexibility index (Phi) is 5.28. The molecule has 1 aromatic rings. The summed E-state index contributed by atoms with van der Waals surface area (Å²) >= 11 is 1.68. The van der Waals surface area contributed by atoms with Crippen molar-refractivity contribution in [2.45, 2.75) is 24.3 Å². The van der Waals surface area contributed by atoms with E-state index in [1.165, 1.54) is 5.56 Å². The van der Waals surface area contributed by atoms with Gasteiger partial charge in [0.05, 0.1) is 5.25 Å². The molecule has 0 aliphatic carbocycles. The Morgan fingerprint density at radius 1 is 1.47 bits per heavy atom. The number of hydrogen-bond acceptors (Lipinski definition) is 3. The highest BCUT2D eigenvalue weighted by atomic mass is 32.2. The highest BCUT2D eigenvalue weighted by molar-refractivity contribution is 7.99. The van der Waals surface area contributed by atoms with Crippen molar-refractivity contribution in [2.75, 3.05) is 19.7 Å². The number of carbonyl (C=O) groups excluding carboxylic acids is 1. The second kappa shape index (κ2) is 6.96. The van der Waals surface area contributed by atoms with Crippen molar-refractivity contribution in [1.82, 2.24) is 4.90 Å². The first-order valence-corrected chi connectivity index (χ1v) is 7.80. The second-order valence-electron chi connectivity index (χ2n) is 5.06.